The van der Waals surface area contributed by atoms with Crippen molar-refractivity contribution in [1.82, 2.24) is 0 Å². The van der Waals surface area contributed by atoms with E-state index in [0.29, 0.717) is 12.5 Å². The Bertz CT molecular complexity index is 650. The number of ether oxygens (including phenoxy) is 1. The van der Waals surface area contributed by atoms with Crippen LogP contribution in [0.1, 0.15) is 41.3 Å². The molecule has 0 aliphatic rings. The van der Waals surface area contributed by atoms with E-state index >= 15 is 0 Å². The van der Waals surface area contributed by atoms with Gasteiger partial charge in [-0.1, -0.05) is 41.9 Å². The first-order valence-electron chi connectivity index (χ1n) is 6.72. The molecule has 0 unspecified atom stereocenters. The highest BCUT2D eigenvalue weighted by atomic mass is 79.9. The van der Waals surface area contributed by atoms with Crippen molar-refractivity contribution in [2.45, 2.75) is 26.4 Å². The number of benzene rings is 2. The van der Waals surface area contributed by atoms with Crippen molar-refractivity contribution in [1.29, 1.82) is 0 Å². The van der Waals surface area contributed by atoms with Crippen LogP contribution in [-0.2, 0) is 6.61 Å². The molecule has 0 aliphatic carbocycles. The van der Waals surface area contributed by atoms with Crippen LogP contribution in [0, 0.1) is 0 Å². The van der Waals surface area contributed by atoms with Crippen molar-refractivity contribution in [2.75, 3.05) is 0 Å². The maximum Gasteiger partial charge on any atom is 0.335 e. The third-order valence-corrected chi connectivity index (χ3v) is 3.66. The molecule has 21 heavy (non-hydrogen) atoms. The van der Waals surface area contributed by atoms with Crippen molar-refractivity contribution < 1.29 is 14.6 Å². The first-order chi connectivity index (χ1) is 9.97. The predicted molar refractivity (Wildman–Crippen MR) is 86.0 cm³/mol. The van der Waals surface area contributed by atoms with Gasteiger partial charge in [-0.3, -0.25) is 0 Å². The second-order valence-corrected chi connectivity index (χ2v) is 6.05. The summed E-state index contributed by atoms with van der Waals surface area (Å²) in [6, 6.07) is 12.7. The van der Waals surface area contributed by atoms with Crippen LogP contribution in [-0.4, -0.2) is 11.1 Å². The van der Waals surface area contributed by atoms with E-state index in [2.05, 4.69) is 29.8 Å². The number of halogens is 1. The fraction of sp³-hybridized carbons (Fsp3) is 0.235. The molecule has 0 aromatic heterocycles. The van der Waals surface area contributed by atoms with E-state index in [0.717, 1.165) is 21.3 Å². The van der Waals surface area contributed by atoms with E-state index in [-0.39, 0.29) is 5.56 Å². The number of carboxylic acids is 1. The standard InChI is InChI=1S/C17H17BrO3/c1-11(2)15-9-14(18)6-7-16(15)21-10-12-4-3-5-13(8-12)17(19)20/h3-9,11H,10H2,1-2H3,(H,19,20). The van der Waals surface area contributed by atoms with Crippen LogP contribution in [0.5, 0.6) is 5.75 Å². The molecule has 0 atom stereocenters. The van der Waals surface area contributed by atoms with Crippen molar-refractivity contribution in [3.8, 4) is 5.75 Å². The Labute approximate surface area is 132 Å². The molecule has 4 heteroatoms. The summed E-state index contributed by atoms with van der Waals surface area (Å²) in [6.07, 6.45) is 0. The lowest BCUT2D eigenvalue weighted by molar-refractivity contribution is 0.0696. The van der Waals surface area contributed by atoms with Gasteiger partial charge < -0.3 is 9.84 Å². The van der Waals surface area contributed by atoms with Crippen LogP contribution in [0.25, 0.3) is 0 Å². The zero-order valence-electron chi connectivity index (χ0n) is 12.0. The van der Waals surface area contributed by atoms with E-state index in [1.54, 1.807) is 18.2 Å². The third kappa shape index (κ3) is 4.08. The van der Waals surface area contributed by atoms with Crippen molar-refractivity contribution in [2.24, 2.45) is 0 Å². The Hall–Kier alpha value is -1.81. The van der Waals surface area contributed by atoms with Crippen LogP contribution >= 0.6 is 15.9 Å². The molecule has 0 fully saturated rings. The average molecular weight is 349 g/mol. The quantitative estimate of drug-likeness (QED) is 0.839. The summed E-state index contributed by atoms with van der Waals surface area (Å²) in [5.74, 6) is 0.250. The van der Waals surface area contributed by atoms with Gasteiger partial charge in [0, 0.05) is 4.47 Å². The maximum atomic E-state index is 11.0. The van der Waals surface area contributed by atoms with Gasteiger partial charge in [0.25, 0.3) is 0 Å². The second-order valence-electron chi connectivity index (χ2n) is 5.13. The van der Waals surface area contributed by atoms with E-state index < -0.39 is 5.97 Å². The highest BCUT2D eigenvalue weighted by molar-refractivity contribution is 9.10. The third-order valence-electron chi connectivity index (χ3n) is 3.16. The number of carbonyl (C=O) groups is 1. The summed E-state index contributed by atoms with van der Waals surface area (Å²) in [6.45, 7) is 4.57. The van der Waals surface area contributed by atoms with Crippen LogP contribution in [0.3, 0.4) is 0 Å². The molecular weight excluding hydrogens is 332 g/mol. The average Bonchev–Trinajstić information content (AvgIpc) is 2.46. The number of hydrogen-bond acceptors (Lipinski definition) is 2. The first-order valence-corrected chi connectivity index (χ1v) is 7.51. The minimum absolute atomic E-state index is 0.274. The molecule has 0 aliphatic heterocycles. The number of aromatic carboxylic acids is 1. The molecule has 0 saturated heterocycles. The molecule has 0 saturated carbocycles. The normalized spacial score (nSPS) is 10.7. The first kappa shape index (κ1) is 15.6. The molecular formula is C17H17BrO3. The monoisotopic (exact) mass is 348 g/mol. The van der Waals surface area contributed by atoms with Crippen molar-refractivity contribution in [3.63, 3.8) is 0 Å². The molecule has 2 rings (SSSR count). The van der Waals surface area contributed by atoms with Crippen molar-refractivity contribution in [3.05, 3.63) is 63.6 Å². The summed E-state index contributed by atoms with van der Waals surface area (Å²) in [4.78, 5) is 11.0. The molecule has 2 aromatic carbocycles. The number of rotatable bonds is 5. The Morgan fingerprint density at radius 1 is 1.24 bits per heavy atom. The van der Waals surface area contributed by atoms with Crippen LogP contribution in [0.4, 0.5) is 0 Å². The van der Waals surface area contributed by atoms with Gasteiger partial charge in [-0.15, -0.1) is 0 Å². The van der Waals surface area contributed by atoms with Gasteiger partial charge in [-0.05, 0) is 47.4 Å². The van der Waals surface area contributed by atoms with E-state index in [4.69, 9.17) is 9.84 Å². The molecule has 2 aromatic rings. The van der Waals surface area contributed by atoms with Gasteiger partial charge in [0.2, 0.25) is 0 Å². The number of carboxylic acid groups (broad SMARTS) is 1. The molecule has 0 bridgehead atoms. The summed E-state index contributed by atoms with van der Waals surface area (Å²) in [5, 5.41) is 9.00. The molecule has 0 amide bonds. The highest BCUT2D eigenvalue weighted by Crippen LogP contribution is 2.30. The lowest BCUT2D eigenvalue weighted by atomic mass is 10.0. The van der Waals surface area contributed by atoms with Gasteiger partial charge in [0.15, 0.2) is 0 Å². The fourth-order valence-electron chi connectivity index (χ4n) is 2.06. The topological polar surface area (TPSA) is 46.5 Å². The summed E-state index contributed by atoms with van der Waals surface area (Å²) >= 11 is 3.47. The molecule has 1 N–H and O–H groups in total. The maximum absolute atomic E-state index is 11.0. The SMILES string of the molecule is CC(C)c1cc(Br)ccc1OCc1cccc(C(=O)O)c1. The van der Waals surface area contributed by atoms with Gasteiger partial charge >= 0.3 is 5.97 Å². The van der Waals surface area contributed by atoms with Crippen LogP contribution < -0.4 is 4.74 Å². The Balaban J connectivity index is 2.16. The summed E-state index contributed by atoms with van der Waals surface area (Å²) in [5.41, 5.74) is 2.24. The Morgan fingerprint density at radius 3 is 2.67 bits per heavy atom. The van der Waals surface area contributed by atoms with Gasteiger partial charge in [0.1, 0.15) is 12.4 Å². The Kier molecular flexibility index (Phi) is 5.02. The Morgan fingerprint density at radius 2 is 2.00 bits per heavy atom. The second kappa shape index (κ2) is 6.76. The van der Waals surface area contributed by atoms with Crippen molar-refractivity contribution >= 4 is 21.9 Å². The van der Waals surface area contributed by atoms with E-state index in [1.165, 1.54) is 0 Å². The van der Waals surface area contributed by atoms with E-state index in [9.17, 15) is 4.79 Å². The largest absolute Gasteiger partial charge is 0.489 e. The molecule has 110 valence electrons. The summed E-state index contributed by atoms with van der Waals surface area (Å²) < 4.78 is 6.88. The summed E-state index contributed by atoms with van der Waals surface area (Å²) in [7, 11) is 0. The lowest BCUT2D eigenvalue weighted by Crippen LogP contribution is -2.02. The fourth-order valence-corrected chi connectivity index (χ4v) is 2.44. The minimum atomic E-state index is -0.927. The van der Waals surface area contributed by atoms with Crippen LogP contribution in [0.2, 0.25) is 0 Å². The number of hydrogen-bond donors (Lipinski definition) is 1. The molecule has 0 spiro atoms. The molecule has 0 heterocycles. The minimum Gasteiger partial charge on any atom is -0.489 e. The van der Waals surface area contributed by atoms with E-state index in [1.807, 2.05) is 24.3 Å². The highest BCUT2D eigenvalue weighted by Gasteiger charge is 2.09. The smallest absolute Gasteiger partial charge is 0.335 e. The van der Waals surface area contributed by atoms with Gasteiger partial charge in [0.05, 0.1) is 5.56 Å². The molecule has 0 radical (unpaired) electrons. The zero-order valence-corrected chi connectivity index (χ0v) is 13.6. The lowest BCUT2D eigenvalue weighted by Gasteiger charge is -2.14. The van der Waals surface area contributed by atoms with Crippen LogP contribution in [0.15, 0.2) is 46.9 Å². The molecule has 3 nitrogen and oxygen atoms in total. The van der Waals surface area contributed by atoms with Gasteiger partial charge in [-0.2, -0.15) is 0 Å². The van der Waals surface area contributed by atoms with Gasteiger partial charge in [-0.25, -0.2) is 4.79 Å². The zero-order chi connectivity index (χ0) is 15.4. The predicted octanol–water partition coefficient (Wildman–Crippen LogP) is 4.85.